The summed E-state index contributed by atoms with van der Waals surface area (Å²) in [4.78, 5) is 21.0. The Labute approximate surface area is 176 Å². The first-order valence-electron chi connectivity index (χ1n) is 9.36. The van der Waals surface area contributed by atoms with E-state index < -0.39 is 0 Å². The van der Waals surface area contributed by atoms with Crippen molar-refractivity contribution in [2.75, 3.05) is 31.9 Å². The predicted octanol–water partition coefficient (Wildman–Crippen LogP) is 4.33. The van der Waals surface area contributed by atoms with Crippen LogP contribution in [0.2, 0.25) is 10.0 Å². The first-order valence-corrected chi connectivity index (χ1v) is 10.1. The number of benzene rings is 1. The normalized spacial score (nSPS) is 15.7. The summed E-state index contributed by atoms with van der Waals surface area (Å²) in [5.41, 5.74) is 8.72. The molecule has 1 fully saturated rings. The van der Waals surface area contributed by atoms with Gasteiger partial charge in [0.25, 0.3) is 0 Å². The second-order valence-corrected chi connectivity index (χ2v) is 9.07. The van der Waals surface area contributed by atoms with E-state index in [2.05, 4.69) is 9.88 Å². The van der Waals surface area contributed by atoms with Gasteiger partial charge in [-0.05, 0) is 35.4 Å². The SMILES string of the molecule is CC(C)(C)C(=O)N1CCN(Cc2c(-c3cc(Cl)cc(Cl)c3)ccnc2N)CC1. The first-order chi connectivity index (χ1) is 13.1. The van der Waals surface area contributed by atoms with E-state index in [1.807, 2.05) is 43.9 Å². The summed E-state index contributed by atoms with van der Waals surface area (Å²) >= 11 is 12.4. The summed E-state index contributed by atoms with van der Waals surface area (Å²) in [6.45, 7) is 9.57. The number of hydrogen-bond donors (Lipinski definition) is 1. The van der Waals surface area contributed by atoms with E-state index in [0.717, 1.165) is 29.8 Å². The number of pyridine rings is 1. The van der Waals surface area contributed by atoms with E-state index in [1.165, 1.54) is 0 Å². The molecule has 150 valence electrons. The largest absolute Gasteiger partial charge is 0.383 e. The highest BCUT2D eigenvalue weighted by molar-refractivity contribution is 6.35. The fourth-order valence-corrected chi connectivity index (χ4v) is 3.99. The zero-order chi connectivity index (χ0) is 20.5. The fourth-order valence-electron chi connectivity index (χ4n) is 3.46. The van der Waals surface area contributed by atoms with Gasteiger partial charge in [-0.25, -0.2) is 4.98 Å². The molecule has 1 amide bonds. The molecule has 0 saturated carbocycles. The number of aromatic nitrogens is 1. The van der Waals surface area contributed by atoms with Crippen molar-refractivity contribution in [2.24, 2.45) is 5.41 Å². The van der Waals surface area contributed by atoms with E-state index >= 15 is 0 Å². The summed E-state index contributed by atoms with van der Waals surface area (Å²) in [6.07, 6.45) is 1.70. The molecular formula is C21H26Cl2N4O. The molecule has 3 rings (SSSR count). The maximum atomic E-state index is 12.5. The van der Waals surface area contributed by atoms with Crippen molar-refractivity contribution in [1.29, 1.82) is 0 Å². The Kier molecular flexibility index (Phi) is 6.18. The van der Waals surface area contributed by atoms with Gasteiger partial charge >= 0.3 is 0 Å². The molecule has 28 heavy (non-hydrogen) atoms. The van der Waals surface area contributed by atoms with Gasteiger partial charge in [-0.15, -0.1) is 0 Å². The Morgan fingerprint density at radius 2 is 1.71 bits per heavy atom. The summed E-state index contributed by atoms with van der Waals surface area (Å²) < 4.78 is 0. The molecule has 1 aromatic carbocycles. The lowest BCUT2D eigenvalue weighted by atomic mass is 9.94. The average Bonchev–Trinajstić information content (AvgIpc) is 2.62. The summed E-state index contributed by atoms with van der Waals surface area (Å²) in [6, 6.07) is 7.41. The van der Waals surface area contributed by atoms with E-state index in [-0.39, 0.29) is 11.3 Å². The van der Waals surface area contributed by atoms with Crippen LogP contribution in [-0.2, 0) is 11.3 Å². The molecular weight excluding hydrogens is 395 g/mol. The summed E-state index contributed by atoms with van der Waals surface area (Å²) in [7, 11) is 0. The third-order valence-electron chi connectivity index (χ3n) is 4.95. The second kappa shape index (κ2) is 8.27. The molecule has 2 aromatic rings. The van der Waals surface area contributed by atoms with Crippen LogP contribution < -0.4 is 5.73 Å². The van der Waals surface area contributed by atoms with E-state index in [1.54, 1.807) is 12.3 Å². The first kappa shape index (κ1) is 20.9. The van der Waals surface area contributed by atoms with Gasteiger partial charge in [0.15, 0.2) is 0 Å². The molecule has 0 atom stereocenters. The van der Waals surface area contributed by atoms with Gasteiger partial charge in [-0.2, -0.15) is 0 Å². The van der Waals surface area contributed by atoms with Crippen LogP contribution in [0.5, 0.6) is 0 Å². The minimum Gasteiger partial charge on any atom is -0.383 e. The molecule has 0 bridgehead atoms. The van der Waals surface area contributed by atoms with E-state index in [9.17, 15) is 4.79 Å². The van der Waals surface area contributed by atoms with Crippen molar-refractivity contribution in [3.63, 3.8) is 0 Å². The standard InChI is InChI=1S/C21H26Cl2N4O/c1-21(2,3)20(28)27-8-6-26(7-9-27)13-18-17(4-5-25-19(18)24)14-10-15(22)12-16(23)11-14/h4-5,10-12H,6-9,13H2,1-3H3,(H2,24,25). The number of carbonyl (C=O) groups is 1. The second-order valence-electron chi connectivity index (χ2n) is 8.20. The van der Waals surface area contributed by atoms with Gasteiger partial charge < -0.3 is 10.6 Å². The molecule has 0 radical (unpaired) electrons. The van der Waals surface area contributed by atoms with Gasteiger partial charge in [0.1, 0.15) is 5.82 Å². The highest BCUT2D eigenvalue weighted by Gasteiger charge is 2.30. The van der Waals surface area contributed by atoms with Crippen LogP contribution in [0, 0.1) is 5.41 Å². The smallest absolute Gasteiger partial charge is 0.228 e. The Morgan fingerprint density at radius 3 is 2.29 bits per heavy atom. The Bertz CT molecular complexity index is 851. The average molecular weight is 421 g/mol. The Morgan fingerprint density at radius 1 is 1.11 bits per heavy atom. The number of carbonyl (C=O) groups excluding carboxylic acids is 1. The van der Waals surface area contributed by atoms with Crippen LogP contribution in [0.4, 0.5) is 5.82 Å². The van der Waals surface area contributed by atoms with Crippen LogP contribution in [-0.4, -0.2) is 46.9 Å². The third-order valence-corrected chi connectivity index (χ3v) is 5.38. The number of anilines is 1. The number of nitrogens with zero attached hydrogens (tertiary/aromatic N) is 3. The number of rotatable bonds is 3. The van der Waals surface area contributed by atoms with Crippen molar-refractivity contribution in [3.05, 3.63) is 46.1 Å². The zero-order valence-electron chi connectivity index (χ0n) is 16.5. The molecule has 1 aliphatic rings. The fraction of sp³-hybridized carbons (Fsp3) is 0.429. The molecule has 0 unspecified atom stereocenters. The van der Waals surface area contributed by atoms with E-state index in [0.29, 0.717) is 35.5 Å². The predicted molar refractivity (Wildman–Crippen MR) is 115 cm³/mol. The van der Waals surface area contributed by atoms with E-state index in [4.69, 9.17) is 28.9 Å². The number of halogens is 2. The van der Waals surface area contributed by atoms with Gasteiger partial charge in [0.2, 0.25) is 5.91 Å². The van der Waals surface area contributed by atoms with Crippen LogP contribution in [0.25, 0.3) is 11.1 Å². The summed E-state index contributed by atoms with van der Waals surface area (Å²) in [5, 5.41) is 1.16. The molecule has 7 heteroatoms. The zero-order valence-corrected chi connectivity index (χ0v) is 18.0. The Balaban J connectivity index is 1.78. The monoisotopic (exact) mass is 420 g/mol. The van der Waals surface area contributed by atoms with Gasteiger partial charge in [-0.1, -0.05) is 44.0 Å². The number of amides is 1. The van der Waals surface area contributed by atoms with Crippen molar-refractivity contribution in [2.45, 2.75) is 27.3 Å². The lowest BCUT2D eigenvalue weighted by Gasteiger charge is -2.38. The van der Waals surface area contributed by atoms with Crippen LogP contribution in [0.3, 0.4) is 0 Å². The lowest BCUT2D eigenvalue weighted by molar-refractivity contribution is -0.141. The topological polar surface area (TPSA) is 62.5 Å². The van der Waals surface area contributed by atoms with Gasteiger partial charge in [0.05, 0.1) is 0 Å². The minimum absolute atomic E-state index is 0.197. The maximum absolute atomic E-state index is 12.5. The quantitative estimate of drug-likeness (QED) is 0.802. The molecule has 1 saturated heterocycles. The van der Waals surface area contributed by atoms with Crippen molar-refractivity contribution < 1.29 is 4.79 Å². The van der Waals surface area contributed by atoms with Crippen LogP contribution in [0.15, 0.2) is 30.5 Å². The maximum Gasteiger partial charge on any atom is 0.228 e. The highest BCUT2D eigenvalue weighted by atomic mass is 35.5. The molecule has 5 nitrogen and oxygen atoms in total. The minimum atomic E-state index is -0.352. The highest BCUT2D eigenvalue weighted by Crippen LogP contribution is 2.32. The molecule has 1 aliphatic heterocycles. The van der Waals surface area contributed by atoms with Crippen molar-refractivity contribution >= 4 is 34.9 Å². The number of nitrogens with two attached hydrogens (primary N) is 1. The van der Waals surface area contributed by atoms with Crippen LogP contribution in [0.1, 0.15) is 26.3 Å². The van der Waals surface area contributed by atoms with Crippen molar-refractivity contribution in [1.82, 2.24) is 14.8 Å². The molecule has 0 aliphatic carbocycles. The molecule has 0 spiro atoms. The number of hydrogen-bond acceptors (Lipinski definition) is 4. The molecule has 2 N–H and O–H groups in total. The number of piperazine rings is 1. The summed E-state index contributed by atoms with van der Waals surface area (Å²) in [5.74, 6) is 0.698. The van der Waals surface area contributed by atoms with Gasteiger partial charge in [-0.3, -0.25) is 9.69 Å². The molecule has 1 aromatic heterocycles. The molecule has 2 heterocycles. The lowest BCUT2D eigenvalue weighted by Crippen LogP contribution is -2.51. The van der Waals surface area contributed by atoms with Crippen LogP contribution >= 0.6 is 23.2 Å². The van der Waals surface area contributed by atoms with Crippen molar-refractivity contribution in [3.8, 4) is 11.1 Å². The van der Waals surface area contributed by atoms with Gasteiger partial charge in [0, 0.05) is 59.9 Å². The third kappa shape index (κ3) is 4.77. The number of nitrogen functional groups attached to an aromatic ring is 1. The Hall–Kier alpha value is -1.82.